The Kier molecular flexibility index (Phi) is 7.78. The second-order valence-electron chi connectivity index (χ2n) is 5.32. The molecule has 1 aromatic carbocycles. The molecule has 19 heavy (non-hydrogen) atoms. The van der Waals surface area contributed by atoms with Gasteiger partial charge >= 0.3 is 0 Å². The average Bonchev–Trinajstić information content (AvgIpc) is 2.42. The molecule has 0 amide bonds. The van der Waals surface area contributed by atoms with Gasteiger partial charge in [0.2, 0.25) is 0 Å². The van der Waals surface area contributed by atoms with Gasteiger partial charge in [-0.05, 0) is 11.5 Å². The molecule has 2 nitrogen and oxygen atoms in total. The van der Waals surface area contributed by atoms with Crippen molar-refractivity contribution in [1.82, 2.24) is 4.90 Å². The van der Waals surface area contributed by atoms with Crippen LogP contribution in [0, 0.1) is 17.2 Å². The molecule has 0 aliphatic carbocycles. The molecule has 0 bridgehead atoms. The Hall–Kier alpha value is -0.850. The highest BCUT2D eigenvalue weighted by Gasteiger charge is 2.15. The fraction of sp³-hybridized carbons (Fsp3) is 0.562. The van der Waals surface area contributed by atoms with Crippen LogP contribution in [0.3, 0.4) is 0 Å². The van der Waals surface area contributed by atoms with Crippen LogP contribution in [0.15, 0.2) is 30.3 Å². The lowest BCUT2D eigenvalue weighted by Gasteiger charge is -2.27. The van der Waals surface area contributed by atoms with E-state index in [2.05, 4.69) is 71.1 Å². The van der Waals surface area contributed by atoms with Crippen molar-refractivity contribution >= 4 is 15.9 Å². The molecule has 0 aromatic heterocycles. The first kappa shape index (κ1) is 16.2. The zero-order chi connectivity index (χ0) is 14.1. The molecule has 0 radical (unpaired) electrons. The summed E-state index contributed by atoms with van der Waals surface area (Å²) in [5.74, 6) is 1.11. The van der Waals surface area contributed by atoms with E-state index < -0.39 is 0 Å². The molecule has 1 rings (SSSR count). The number of benzene rings is 1. The molecular weight excluding hydrogens is 300 g/mol. The standard InChI is InChI=1S/C16H23BrN2/c1-14(2)12-19(10-6-9-18)13-16(11-17)15-7-4-3-5-8-15/h3-5,7-8,14,16H,6,10-13H2,1-2H3. The summed E-state index contributed by atoms with van der Waals surface area (Å²) in [5.41, 5.74) is 1.37. The van der Waals surface area contributed by atoms with E-state index in [-0.39, 0.29) is 0 Å². The topological polar surface area (TPSA) is 27.0 Å². The highest BCUT2D eigenvalue weighted by molar-refractivity contribution is 9.09. The van der Waals surface area contributed by atoms with Crippen molar-refractivity contribution in [3.05, 3.63) is 35.9 Å². The maximum atomic E-state index is 8.77. The highest BCUT2D eigenvalue weighted by atomic mass is 79.9. The van der Waals surface area contributed by atoms with E-state index in [1.165, 1.54) is 5.56 Å². The van der Waals surface area contributed by atoms with Gasteiger partial charge in [0.1, 0.15) is 0 Å². The second kappa shape index (κ2) is 9.12. The Morgan fingerprint density at radius 2 is 1.89 bits per heavy atom. The van der Waals surface area contributed by atoms with Gasteiger partial charge in [0, 0.05) is 37.3 Å². The van der Waals surface area contributed by atoms with Crippen LogP contribution in [0.1, 0.15) is 31.7 Å². The maximum absolute atomic E-state index is 8.77. The lowest BCUT2D eigenvalue weighted by Crippen LogP contribution is -2.33. The number of alkyl halides is 1. The number of rotatable bonds is 8. The van der Waals surface area contributed by atoms with Crippen LogP contribution in [0.4, 0.5) is 0 Å². The van der Waals surface area contributed by atoms with Crippen molar-refractivity contribution in [3.63, 3.8) is 0 Å². The fourth-order valence-corrected chi connectivity index (χ4v) is 2.84. The summed E-state index contributed by atoms with van der Waals surface area (Å²) >= 11 is 3.62. The molecule has 3 heteroatoms. The molecule has 0 saturated carbocycles. The minimum atomic E-state index is 0.485. The maximum Gasteiger partial charge on any atom is 0.0635 e. The van der Waals surface area contributed by atoms with E-state index in [9.17, 15) is 0 Å². The first-order chi connectivity index (χ1) is 9.17. The van der Waals surface area contributed by atoms with Crippen LogP contribution in [-0.2, 0) is 0 Å². The monoisotopic (exact) mass is 322 g/mol. The molecule has 0 heterocycles. The van der Waals surface area contributed by atoms with E-state index in [0.717, 1.165) is 25.0 Å². The smallest absolute Gasteiger partial charge is 0.0635 e. The van der Waals surface area contributed by atoms with E-state index >= 15 is 0 Å². The van der Waals surface area contributed by atoms with Crippen molar-refractivity contribution in [1.29, 1.82) is 5.26 Å². The van der Waals surface area contributed by atoms with Crippen molar-refractivity contribution in [3.8, 4) is 6.07 Å². The van der Waals surface area contributed by atoms with Gasteiger partial charge in [-0.3, -0.25) is 0 Å². The first-order valence-electron chi connectivity index (χ1n) is 6.87. The third kappa shape index (κ3) is 6.22. The molecule has 1 atom stereocenters. The molecule has 0 aliphatic rings. The summed E-state index contributed by atoms with van der Waals surface area (Å²) in [6.07, 6.45) is 0.608. The van der Waals surface area contributed by atoms with Gasteiger partial charge in [0.05, 0.1) is 6.07 Å². The quantitative estimate of drug-likeness (QED) is 0.675. The predicted molar refractivity (Wildman–Crippen MR) is 84.5 cm³/mol. The average molecular weight is 323 g/mol. The Labute approximate surface area is 125 Å². The highest BCUT2D eigenvalue weighted by Crippen LogP contribution is 2.20. The van der Waals surface area contributed by atoms with E-state index in [1.54, 1.807) is 0 Å². The molecule has 0 fully saturated rings. The third-order valence-corrected chi connectivity index (χ3v) is 3.88. The van der Waals surface area contributed by atoms with Crippen LogP contribution in [-0.4, -0.2) is 29.9 Å². The van der Waals surface area contributed by atoms with Crippen LogP contribution >= 0.6 is 15.9 Å². The summed E-state index contributed by atoms with van der Waals surface area (Å²) in [7, 11) is 0. The van der Waals surface area contributed by atoms with Gasteiger partial charge in [0.15, 0.2) is 0 Å². The number of halogens is 1. The Morgan fingerprint density at radius 3 is 2.42 bits per heavy atom. The molecule has 0 aliphatic heterocycles. The normalized spacial score (nSPS) is 12.6. The number of nitriles is 1. The summed E-state index contributed by atoms with van der Waals surface area (Å²) in [5, 5.41) is 9.73. The summed E-state index contributed by atoms with van der Waals surface area (Å²) < 4.78 is 0. The van der Waals surface area contributed by atoms with Crippen molar-refractivity contribution in [2.45, 2.75) is 26.2 Å². The predicted octanol–water partition coefficient (Wildman–Crippen LogP) is 4.04. The Balaban J connectivity index is 2.66. The first-order valence-corrected chi connectivity index (χ1v) is 7.99. The zero-order valence-electron chi connectivity index (χ0n) is 11.8. The number of hydrogen-bond donors (Lipinski definition) is 0. The Bertz CT molecular complexity index is 383. The molecule has 0 saturated heterocycles. The summed E-state index contributed by atoms with van der Waals surface area (Å²) in [6, 6.07) is 12.9. The van der Waals surface area contributed by atoms with Gasteiger partial charge < -0.3 is 4.90 Å². The molecular formula is C16H23BrN2. The number of nitrogens with zero attached hydrogens (tertiary/aromatic N) is 2. The zero-order valence-corrected chi connectivity index (χ0v) is 13.4. The lowest BCUT2D eigenvalue weighted by molar-refractivity contribution is 0.239. The molecule has 0 N–H and O–H groups in total. The number of hydrogen-bond acceptors (Lipinski definition) is 2. The van der Waals surface area contributed by atoms with E-state index in [1.807, 2.05) is 0 Å². The van der Waals surface area contributed by atoms with Gasteiger partial charge in [-0.15, -0.1) is 0 Å². The minimum Gasteiger partial charge on any atom is -0.301 e. The van der Waals surface area contributed by atoms with Gasteiger partial charge in [0.25, 0.3) is 0 Å². The summed E-state index contributed by atoms with van der Waals surface area (Å²) in [6.45, 7) is 7.38. The van der Waals surface area contributed by atoms with E-state index in [4.69, 9.17) is 5.26 Å². The van der Waals surface area contributed by atoms with Crippen LogP contribution in [0.5, 0.6) is 0 Å². The largest absolute Gasteiger partial charge is 0.301 e. The molecule has 1 unspecified atom stereocenters. The SMILES string of the molecule is CC(C)CN(CCC#N)CC(CBr)c1ccccc1. The lowest BCUT2D eigenvalue weighted by atomic mass is 10.00. The van der Waals surface area contributed by atoms with Crippen molar-refractivity contribution in [2.24, 2.45) is 5.92 Å². The second-order valence-corrected chi connectivity index (χ2v) is 5.97. The van der Waals surface area contributed by atoms with Crippen LogP contribution in [0.25, 0.3) is 0 Å². The van der Waals surface area contributed by atoms with Crippen molar-refractivity contribution in [2.75, 3.05) is 25.0 Å². The molecule has 1 aromatic rings. The van der Waals surface area contributed by atoms with Crippen LogP contribution in [0.2, 0.25) is 0 Å². The minimum absolute atomic E-state index is 0.485. The van der Waals surface area contributed by atoms with Gasteiger partial charge in [-0.1, -0.05) is 60.1 Å². The van der Waals surface area contributed by atoms with E-state index in [0.29, 0.717) is 18.3 Å². The van der Waals surface area contributed by atoms with Crippen LogP contribution < -0.4 is 0 Å². The fourth-order valence-electron chi connectivity index (χ4n) is 2.26. The Morgan fingerprint density at radius 1 is 1.21 bits per heavy atom. The molecule has 0 spiro atoms. The molecule has 104 valence electrons. The van der Waals surface area contributed by atoms with Crippen molar-refractivity contribution < 1.29 is 0 Å². The summed E-state index contributed by atoms with van der Waals surface area (Å²) in [4.78, 5) is 2.41. The third-order valence-electron chi connectivity index (χ3n) is 3.10. The van der Waals surface area contributed by atoms with Gasteiger partial charge in [-0.25, -0.2) is 0 Å². The van der Waals surface area contributed by atoms with Gasteiger partial charge in [-0.2, -0.15) is 5.26 Å².